The summed E-state index contributed by atoms with van der Waals surface area (Å²) in [6, 6.07) is 6.81. The lowest BCUT2D eigenvalue weighted by Gasteiger charge is -2.12. The Morgan fingerprint density at radius 2 is 2.03 bits per heavy atom. The van der Waals surface area contributed by atoms with Crippen LogP contribution in [0.15, 0.2) is 41.9 Å². The first-order valence-corrected chi connectivity index (χ1v) is 9.04. The van der Waals surface area contributed by atoms with E-state index in [1.165, 1.54) is 24.4 Å². The lowest BCUT2D eigenvalue weighted by atomic mass is 10.2. The molecule has 1 amide bonds. The van der Waals surface area contributed by atoms with Crippen LogP contribution in [0.1, 0.15) is 26.5 Å². The number of rotatable bonds is 6. The fraction of sp³-hybridized carbons (Fsp3) is 0.222. The van der Waals surface area contributed by atoms with Gasteiger partial charge in [-0.3, -0.25) is 9.48 Å². The van der Waals surface area contributed by atoms with Gasteiger partial charge in [-0.1, -0.05) is 6.07 Å². The number of ether oxygens (including phenoxy) is 1. The summed E-state index contributed by atoms with van der Waals surface area (Å²) in [5, 5.41) is 7.56. The molecule has 2 heterocycles. The number of aryl methyl sites for hydroxylation is 1. The number of hydrogen-bond donors (Lipinski definition) is 1. The minimum atomic E-state index is -4.53. The van der Waals surface area contributed by atoms with Crippen LogP contribution >= 0.6 is 11.3 Å². The van der Waals surface area contributed by atoms with E-state index in [-0.39, 0.29) is 22.9 Å². The maximum Gasteiger partial charge on any atom is 0.435 e. The number of amides is 1. The van der Waals surface area contributed by atoms with Gasteiger partial charge in [0.05, 0.1) is 17.1 Å². The minimum absolute atomic E-state index is 0.0458. The number of nitrogens with zero attached hydrogens (tertiary/aromatic N) is 2. The molecule has 154 valence electrons. The molecule has 0 bridgehead atoms. The number of nitrogens with one attached hydrogen (secondary N) is 1. The van der Waals surface area contributed by atoms with Crippen molar-refractivity contribution in [2.45, 2.75) is 26.3 Å². The second-order valence-electron chi connectivity index (χ2n) is 6.05. The zero-order valence-corrected chi connectivity index (χ0v) is 15.7. The van der Waals surface area contributed by atoms with E-state index in [0.717, 1.165) is 22.1 Å². The smallest absolute Gasteiger partial charge is 0.433 e. The molecule has 0 aliphatic rings. The molecule has 1 aromatic carbocycles. The highest BCUT2D eigenvalue weighted by atomic mass is 32.1. The Morgan fingerprint density at radius 3 is 2.69 bits per heavy atom. The maximum absolute atomic E-state index is 12.6. The summed E-state index contributed by atoms with van der Waals surface area (Å²) in [6.07, 6.45) is -3.34. The number of carbonyl (C=O) groups excluding carboxylic acids is 1. The van der Waals surface area contributed by atoms with E-state index >= 15 is 0 Å². The van der Waals surface area contributed by atoms with Gasteiger partial charge < -0.3 is 10.1 Å². The van der Waals surface area contributed by atoms with Crippen molar-refractivity contribution in [2.75, 3.05) is 5.32 Å². The number of carbonyl (C=O) groups is 1. The third-order valence-electron chi connectivity index (χ3n) is 3.75. The van der Waals surface area contributed by atoms with Crippen molar-refractivity contribution in [3.63, 3.8) is 0 Å². The molecular formula is C18H14F5N3O2S. The molecule has 3 aromatic rings. The van der Waals surface area contributed by atoms with Crippen LogP contribution in [0.2, 0.25) is 0 Å². The Hall–Kier alpha value is -2.95. The van der Waals surface area contributed by atoms with E-state index in [9.17, 15) is 26.7 Å². The molecule has 0 spiro atoms. The monoisotopic (exact) mass is 431 g/mol. The molecule has 1 N–H and O–H groups in total. The van der Waals surface area contributed by atoms with Crippen LogP contribution in [0.5, 0.6) is 5.75 Å². The standard InChI is InChI=1S/C18H14F5N3O2S/c1-10-2-3-12(13(6-10)28-17(19)20)24-16(27)14-7-11(9-29-14)8-26-5-4-15(25-26)18(21,22)23/h2-7,9,17H,8H2,1H3,(H,24,27). The van der Waals surface area contributed by atoms with E-state index in [0.29, 0.717) is 11.1 Å². The van der Waals surface area contributed by atoms with Gasteiger partial charge >= 0.3 is 12.8 Å². The van der Waals surface area contributed by atoms with Gasteiger partial charge in [-0.15, -0.1) is 11.3 Å². The molecule has 29 heavy (non-hydrogen) atoms. The van der Waals surface area contributed by atoms with Gasteiger partial charge in [0.25, 0.3) is 5.91 Å². The van der Waals surface area contributed by atoms with Gasteiger partial charge in [0.15, 0.2) is 5.69 Å². The Balaban J connectivity index is 1.71. The SMILES string of the molecule is Cc1ccc(NC(=O)c2cc(Cn3ccc(C(F)(F)F)n3)cs2)c(OC(F)F)c1. The van der Waals surface area contributed by atoms with Crippen LogP contribution in [0.3, 0.4) is 0 Å². The number of anilines is 1. The van der Waals surface area contributed by atoms with Gasteiger partial charge in [0.2, 0.25) is 0 Å². The molecule has 0 saturated heterocycles. The van der Waals surface area contributed by atoms with E-state index in [2.05, 4.69) is 15.2 Å². The van der Waals surface area contributed by atoms with Gasteiger partial charge in [-0.2, -0.15) is 27.1 Å². The number of hydrogen-bond acceptors (Lipinski definition) is 4. The summed E-state index contributed by atoms with van der Waals surface area (Å²) >= 11 is 1.07. The topological polar surface area (TPSA) is 56.2 Å². The fourth-order valence-electron chi connectivity index (χ4n) is 2.48. The number of halogens is 5. The van der Waals surface area contributed by atoms with E-state index in [1.807, 2.05) is 0 Å². The predicted octanol–water partition coefficient (Wildman–Crippen LogP) is 5.17. The number of alkyl halides is 5. The first-order valence-electron chi connectivity index (χ1n) is 8.16. The molecule has 0 aliphatic carbocycles. The van der Waals surface area contributed by atoms with Crippen molar-refractivity contribution in [3.05, 3.63) is 63.6 Å². The highest BCUT2D eigenvalue weighted by Gasteiger charge is 2.33. The summed E-state index contributed by atoms with van der Waals surface area (Å²) in [6.45, 7) is -1.31. The first-order chi connectivity index (χ1) is 13.6. The minimum Gasteiger partial charge on any atom is -0.433 e. The van der Waals surface area contributed by atoms with Gasteiger partial charge in [-0.25, -0.2) is 0 Å². The molecule has 2 aromatic heterocycles. The highest BCUT2D eigenvalue weighted by Crippen LogP contribution is 2.29. The average Bonchev–Trinajstić information content (AvgIpc) is 3.26. The van der Waals surface area contributed by atoms with Crippen LogP contribution in [0.4, 0.5) is 27.6 Å². The molecule has 0 saturated carbocycles. The lowest BCUT2D eigenvalue weighted by molar-refractivity contribution is -0.141. The summed E-state index contributed by atoms with van der Waals surface area (Å²) in [7, 11) is 0. The summed E-state index contributed by atoms with van der Waals surface area (Å²) in [5.41, 5.74) is 0.328. The lowest BCUT2D eigenvalue weighted by Crippen LogP contribution is -2.13. The average molecular weight is 431 g/mol. The fourth-order valence-corrected chi connectivity index (χ4v) is 3.27. The molecule has 0 atom stereocenters. The molecule has 0 aliphatic heterocycles. The largest absolute Gasteiger partial charge is 0.435 e. The summed E-state index contributed by atoms with van der Waals surface area (Å²) in [5.74, 6) is -0.720. The number of benzene rings is 1. The zero-order valence-electron chi connectivity index (χ0n) is 14.8. The second-order valence-corrected chi connectivity index (χ2v) is 6.96. The van der Waals surface area contributed by atoms with Crippen molar-refractivity contribution < 1.29 is 31.5 Å². The molecule has 0 fully saturated rings. The van der Waals surface area contributed by atoms with Gasteiger partial charge in [0.1, 0.15) is 5.75 Å². The highest BCUT2D eigenvalue weighted by molar-refractivity contribution is 7.12. The Morgan fingerprint density at radius 1 is 1.28 bits per heavy atom. The Kier molecular flexibility index (Phi) is 5.87. The van der Waals surface area contributed by atoms with Crippen LogP contribution in [0.25, 0.3) is 0 Å². The molecule has 3 rings (SSSR count). The number of aromatic nitrogens is 2. The van der Waals surface area contributed by atoms with E-state index < -0.39 is 24.4 Å². The normalized spacial score (nSPS) is 11.7. The van der Waals surface area contributed by atoms with Gasteiger partial charge in [-0.05, 0) is 47.7 Å². The van der Waals surface area contributed by atoms with Gasteiger partial charge in [0, 0.05) is 6.20 Å². The van der Waals surface area contributed by atoms with Crippen molar-refractivity contribution in [3.8, 4) is 5.75 Å². The van der Waals surface area contributed by atoms with E-state index in [4.69, 9.17) is 0 Å². The second kappa shape index (κ2) is 8.19. The molecule has 11 heteroatoms. The quantitative estimate of drug-likeness (QED) is 0.548. The molecule has 0 unspecified atom stereocenters. The van der Waals surface area contributed by atoms with Crippen LogP contribution in [0, 0.1) is 6.92 Å². The molecular weight excluding hydrogens is 417 g/mol. The van der Waals surface area contributed by atoms with Crippen molar-refractivity contribution in [2.24, 2.45) is 0 Å². The van der Waals surface area contributed by atoms with Crippen molar-refractivity contribution in [1.29, 1.82) is 0 Å². The predicted molar refractivity (Wildman–Crippen MR) is 96.4 cm³/mol. The first kappa shape index (κ1) is 20.8. The maximum atomic E-state index is 12.6. The Bertz CT molecular complexity index is 1010. The Labute approximate surface area is 165 Å². The van der Waals surface area contributed by atoms with Crippen LogP contribution in [-0.2, 0) is 12.7 Å². The van der Waals surface area contributed by atoms with E-state index in [1.54, 1.807) is 18.4 Å². The third kappa shape index (κ3) is 5.31. The van der Waals surface area contributed by atoms with Crippen molar-refractivity contribution in [1.82, 2.24) is 9.78 Å². The summed E-state index contributed by atoms with van der Waals surface area (Å²) in [4.78, 5) is 12.7. The zero-order chi connectivity index (χ0) is 21.2. The molecule has 5 nitrogen and oxygen atoms in total. The van der Waals surface area contributed by atoms with Crippen molar-refractivity contribution >= 4 is 22.9 Å². The summed E-state index contributed by atoms with van der Waals surface area (Å²) < 4.78 is 68.5. The van der Waals surface area contributed by atoms with Crippen LogP contribution in [-0.4, -0.2) is 22.3 Å². The third-order valence-corrected chi connectivity index (χ3v) is 4.73. The number of thiophene rings is 1. The molecule has 0 radical (unpaired) electrons. The van der Waals surface area contributed by atoms with Crippen LogP contribution < -0.4 is 10.1 Å².